The van der Waals surface area contributed by atoms with Crippen molar-refractivity contribution in [3.63, 3.8) is 0 Å². The quantitative estimate of drug-likeness (QED) is 0.779. The molecule has 0 spiro atoms. The zero-order valence-electron chi connectivity index (χ0n) is 13.8. The zero-order valence-corrected chi connectivity index (χ0v) is 15.4. The number of thioether (sulfide) groups is 2. The Morgan fingerprint density at radius 3 is 1.70 bits per heavy atom. The van der Waals surface area contributed by atoms with Crippen molar-refractivity contribution >= 4 is 33.8 Å². The van der Waals surface area contributed by atoms with Crippen LogP contribution < -0.4 is 0 Å². The van der Waals surface area contributed by atoms with Crippen LogP contribution in [0.25, 0.3) is 0 Å². The standard InChI is InChI=1S/C18H24O3S2/c1-11(2)14(19)22-17-6-13-5-16(21,8-17)9-18(7-13,10-17)23-15(20)12(3)4/h13,21H,1,3,5-10H2,2,4H3. The van der Waals surface area contributed by atoms with Crippen LogP contribution in [-0.2, 0) is 9.59 Å². The van der Waals surface area contributed by atoms with Crippen molar-refractivity contribution in [1.82, 2.24) is 0 Å². The maximum atomic E-state index is 12.3. The first-order valence-corrected chi connectivity index (χ1v) is 9.70. The van der Waals surface area contributed by atoms with E-state index < -0.39 is 5.60 Å². The average Bonchev–Trinajstić information content (AvgIpc) is 2.33. The summed E-state index contributed by atoms with van der Waals surface area (Å²) in [5.41, 5.74) is 0.374. The Balaban J connectivity index is 1.90. The third-order valence-corrected chi connectivity index (χ3v) is 8.10. The van der Waals surface area contributed by atoms with Crippen molar-refractivity contribution in [2.24, 2.45) is 5.92 Å². The summed E-state index contributed by atoms with van der Waals surface area (Å²) in [6.45, 7) is 11.0. The lowest BCUT2D eigenvalue weighted by Crippen LogP contribution is -2.64. The lowest BCUT2D eigenvalue weighted by atomic mass is 9.53. The second-order valence-electron chi connectivity index (χ2n) is 7.94. The van der Waals surface area contributed by atoms with Gasteiger partial charge in [0.2, 0.25) is 10.2 Å². The smallest absolute Gasteiger partial charge is 0.214 e. The van der Waals surface area contributed by atoms with E-state index in [9.17, 15) is 14.7 Å². The van der Waals surface area contributed by atoms with E-state index in [2.05, 4.69) is 13.2 Å². The van der Waals surface area contributed by atoms with E-state index in [0.29, 0.717) is 29.9 Å². The molecule has 2 atom stereocenters. The Bertz CT molecular complexity index is 565. The van der Waals surface area contributed by atoms with Gasteiger partial charge in [-0.1, -0.05) is 36.7 Å². The number of aliphatic hydroxyl groups is 1. The molecule has 0 aromatic heterocycles. The zero-order chi connectivity index (χ0) is 17.0. The van der Waals surface area contributed by atoms with Gasteiger partial charge >= 0.3 is 0 Å². The van der Waals surface area contributed by atoms with Gasteiger partial charge in [-0.2, -0.15) is 0 Å². The summed E-state index contributed by atoms with van der Waals surface area (Å²) in [5, 5.41) is 11.1. The molecule has 1 N–H and O–H groups in total. The highest BCUT2D eigenvalue weighted by Gasteiger charge is 2.64. The Morgan fingerprint density at radius 1 is 0.913 bits per heavy atom. The van der Waals surface area contributed by atoms with E-state index in [0.717, 1.165) is 25.7 Å². The molecule has 0 amide bonds. The average molecular weight is 353 g/mol. The first-order chi connectivity index (χ1) is 10.6. The van der Waals surface area contributed by atoms with Crippen molar-refractivity contribution in [2.75, 3.05) is 0 Å². The molecule has 4 saturated carbocycles. The number of carbonyl (C=O) groups is 2. The van der Waals surface area contributed by atoms with E-state index in [1.165, 1.54) is 23.5 Å². The molecular weight excluding hydrogens is 328 g/mol. The molecule has 126 valence electrons. The summed E-state index contributed by atoms with van der Waals surface area (Å²) < 4.78 is -0.487. The normalized spacial score (nSPS) is 40.9. The minimum atomic E-state index is -0.732. The largest absolute Gasteiger partial charge is 0.390 e. The third-order valence-electron chi connectivity index (χ3n) is 5.25. The number of carbonyl (C=O) groups excluding carboxylic acids is 2. The summed E-state index contributed by atoms with van der Waals surface area (Å²) in [6, 6.07) is 0. The van der Waals surface area contributed by atoms with Gasteiger partial charge in [0.1, 0.15) is 0 Å². The molecule has 0 radical (unpaired) electrons. The van der Waals surface area contributed by atoms with Crippen molar-refractivity contribution in [3.8, 4) is 0 Å². The van der Waals surface area contributed by atoms with Crippen molar-refractivity contribution in [2.45, 2.75) is 67.5 Å². The van der Waals surface area contributed by atoms with Crippen LogP contribution in [0.4, 0.5) is 0 Å². The summed E-state index contributed by atoms with van der Waals surface area (Å²) in [7, 11) is 0. The van der Waals surface area contributed by atoms with Crippen LogP contribution in [0.15, 0.2) is 24.3 Å². The maximum absolute atomic E-state index is 12.3. The van der Waals surface area contributed by atoms with E-state index in [1.54, 1.807) is 13.8 Å². The predicted molar refractivity (Wildman–Crippen MR) is 96.4 cm³/mol. The van der Waals surface area contributed by atoms with E-state index in [-0.39, 0.29) is 19.7 Å². The molecule has 0 aromatic rings. The van der Waals surface area contributed by atoms with Crippen LogP contribution in [-0.4, -0.2) is 30.4 Å². The van der Waals surface area contributed by atoms with Gasteiger partial charge in [-0.25, -0.2) is 0 Å². The van der Waals surface area contributed by atoms with Crippen LogP contribution in [0.5, 0.6) is 0 Å². The van der Waals surface area contributed by atoms with Gasteiger partial charge in [-0.15, -0.1) is 0 Å². The monoisotopic (exact) mass is 352 g/mol. The topological polar surface area (TPSA) is 54.4 Å². The Labute approximate surface area is 146 Å². The van der Waals surface area contributed by atoms with Crippen molar-refractivity contribution < 1.29 is 14.7 Å². The van der Waals surface area contributed by atoms with E-state index in [4.69, 9.17) is 0 Å². The SMILES string of the molecule is C=C(C)C(=O)SC12CC3CC(O)(C1)CC(SC(=O)C(=C)C)(C3)C2. The Hall–Kier alpha value is -0.520. The van der Waals surface area contributed by atoms with Gasteiger partial charge in [0, 0.05) is 9.49 Å². The predicted octanol–water partition coefficient (Wildman–Crippen LogP) is 3.86. The van der Waals surface area contributed by atoms with E-state index >= 15 is 0 Å². The molecule has 0 aliphatic heterocycles. The lowest BCUT2D eigenvalue weighted by molar-refractivity contribution is -0.111. The van der Waals surface area contributed by atoms with Gasteiger partial charge in [0.15, 0.2) is 0 Å². The molecular formula is C18H24O3S2. The minimum absolute atomic E-state index is 0.0157. The van der Waals surface area contributed by atoms with Gasteiger partial charge in [0.05, 0.1) is 5.60 Å². The molecule has 4 fully saturated rings. The number of hydrogen-bond acceptors (Lipinski definition) is 5. The van der Waals surface area contributed by atoms with Gasteiger partial charge < -0.3 is 5.11 Å². The highest BCUT2D eigenvalue weighted by molar-refractivity contribution is 8.16. The fourth-order valence-electron chi connectivity index (χ4n) is 5.01. The Kier molecular flexibility index (Phi) is 4.14. The number of hydrogen-bond donors (Lipinski definition) is 1. The molecule has 5 heteroatoms. The molecule has 2 unspecified atom stereocenters. The van der Waals surface area contributed by atoms with Gasteiger partial charge in [-0.3, -0.25) is 9.59 Å². The van der Waals surface area contributed by atoms with Crippen LogP contribution in [0, 0.1) is 5.92 Å². The molecule has 0 aromatic carbocycles. The molecule has 0 heterocycles. The van der Waals surface area contributed by atoms with Crippen molar-refractivity contribution in [3.05, 3.63) is 24.3 Å². The summed E-state index contributed by atoms with van der Waals surface area (Å²) in [5.74, 6) is 0.395. The summed E-state index contributed by atoms with van der Waals surface area (Å²) in [4.78, 5) is 24.5. The minimum Gasteiger partial charge on any atom is -0.390 e. The highest BCUT2D eigenvalue weighted by Crippen LogP contribution is 2.67. The van der Waals surface area contributed by atoms with Crippen LogP contribution in [0.3, 0.4) is 0 Å². The first-order valence-electron chi connectivity index (χ1n) is 8.06. The molecule has 4 bridgehead atoms. The second kappa shape index (κ2) is 5.50. The Morgan fingerprint density at radius 2 is 1.35 bits per heavy atom. The lowest BCUT2D eigenvalue weighted by Gasteiger charge is -2.64. The fourth-order valence-corrected chi connectivity index (χ4v) is 8.25. The molecule has 4 aliphatic carbocycles. The van der Waals surface area contributed by atoms with Gasteiger partial charge in [0.25, 0.3) is 0 Å². The van der Waals surface area contributed by atoms with Crippen LogP contribution in [0.1, 0.15) is 52.4 Å². The summed E-state index contributed by atoms with van der Waals surface area (Å²) in [6.07, 6.45) is 4.85. The molecule has 4 rings (SSSR count). The van der Waals surface area contributed by atoms with Crippen LogP contribution >= 0.6 is 23.5 Å². The molecule has 0 saturated heterocycles. The molecule has 23 heavy (non-hydrogen) atoms. The van der Waals surface area contributed by atoms with Crippen molar-refractivity contribution in [1.29, 1.82) is 0 Å². The third kappa shape index (κ3) is 3.20. The maximum Gasteiger partial charge on any atom is 0.214 e. The number of rotatable bonds is 4. The molecule has 4 aliphatic rings. The summed E-state index contributed by atoms with van der Waals surface area (Å²) >= 11 is 2.70. The van der Waals surface area contributed by atoms with Gasteiger partial charge in [-0.05, 0) is 69.4 Å². The van der Waals surface area contributed by atoms with E-state index in [1.807, 2.05) is 0 Å². The molecule has 3 nitrogen and oxygen atoms in total. The van der Waals surface area contributed by atoms with Crippen LogP contribution in [0.2, 0.25) is 0 Å². The fraction of sp³-hybridized carbons (Fsp3) is 0.667. The highest BCUT2D eigenvalue weighted by atomic mass is 32.2. The second-order valence-corrected chi connectivity index (χ2v) is 10.8. The first kappa shape index (κ1) is 17.3.